The zero-order chi connectivity index (χ0) is 13.5. The molecule has 0 aliphatic heterocycles. The quantitative estimate of drug-likeness (QED) is 0.705. The van der Waals surface area contributed by atoms with Crippen molar-refractivity contribution in [3.8, 4) is 0 Å². The third-order valence-electron chi connectivity index (χ3n) is 3.09. The van der Waals surface area contributed by atoms with Gasteiger partial charge in [0.1, 0.15) is 0 Å². The lowest BCUT2D eigenvalue weighted by molar-refractivity contribution is -0.138. The molecule has 1 aliphatic carbocycles. The average Bonchev–Trinajstić information content (AvgIpc) is 2.26. The van der Waals surface area contributed by atoms with Crippen molar-refractivity contribution in [2.45, 2.75) is 51.5 Å². The summed E-state index contributed by atoms with van der Waals surface area (Å²) < 4.78 is 0. The zero-order valence-electron chi connectivity index (χ0n) is 10.6. The molecular formula is C12H20N2O4. The van der Waals surface area contributed by atoms with Crippen LogP contribution in [-0.4, -0.2) is 29.1 Å². The molecule has 0 aromatic carbocycles. The number of carbonyl (C=O) groups excluding carboxylic acids is 2. The number of amides is 3. The van der Waals surface area contributed by atoms with E-state index in [0.29, 0.717) is 5.92 Å². The van der Waals surface area contributed by atoms with Crippen LogP contribution in [0.4, 0.5) is 4.79 Å². The predicted molar refractivity (Wildman–Crippen MR) is 65.0 cm³/mol. The Morgan fingerprint density at radius 2 is 1.94 bits per heavy atom. The minimum atomic E-state index is -1.05. The van der Waals surface area contributed by atoms with Gasteiger partial charge in [0.05, 0.1) is 6.42 Å². The lowest BCUT2D eigenvalue weighted by Gasteiger charge is -2.27. The first kappa shape index (κ1) is 14.5. The molecule has 0 saturated heterocycles. The number of nitrogens with one attached hydrogen (secondary N) is 2. The second kappa shape index (κ2) is 6.98. The number of urea groups is 1. The van der Waals surface area contributed by atoms with Gasteiger partial charge in [-0.25, -0.2) is 4.79 Å². The smallest absolute Gasteiger partial charge is 0.321 e. The van der Waals surface area contributed by atoms with Gasteiger partial charge >= 0.3 is 12.0 Å². The Balaban J connectivity index is 2.24. The molecule has 102 valence electrons. The van der Waals surface area contributed by atoms with E-state index in [2.05, 4.69) is 17.6 Å². The fraction of sp³-hybridized carbons (Fsp3) is 0.750. The summed E-state index contributed by atoms with van der Waals surface area (Å²) >= 11 is 0. The molecule has 0 bridgehead atoms. The summed E-state index contributed by atoms with van der Waals surface area (Å²) in [6.45, 7) is 2.14. The van der Waals surface area contributed by atoms with Crippen LogP contribution in [0.25, 0.3) is 0 Å². The number of carboxylic acid groups (broad SMARTS) is 1. The minimum Gasteiger partial charge on any atom is -0.481 e. The van der Waals surface area contributed by atoms with Crippen molar-refractivity contribution in [2.75, 3.05) is 0 Å². The molecule has 6 heteroatoms. The van der Waals surface area contributed by atoms with Crippen LogP contribution in [0.3, 0.4) is 0 Å². The summed E-state index contributed by atoms with van der Waals surface area (Å²) in [5, 5.41) is 13.3. The molecule has 6 nitrogen and oxygen atoms in total. The first-order valence-electron chi connectivity index (χ1n) is 6.29. The van der Waals surface area contributed by atoms with E-state index in [4.69, 9.17) is 5.11 Å². The Bertz CT molecular complexity index is 330. The maximum atomic E-state index is 11.5. The lowest BCUT2D eigenvalue weighted by atomic mass is 9.87. The summed E-state index contributed by atoms with van der Waals surface area (Å²) in [5.41, 5.74) is 0. The maximum Gasteiger partial charge on any atom is 0.321 e. The number of imide groups is 1. The topological polar surface area (TPSA) is 95.5 Å². The average molecular weight is 256 g/mol. The highest BCUT2D eigenvalue weighted by molar-refractivity contribution is 5.95. The van der Waals surface area contributed by atoms with E-state index < -0.39 is 17.9 Å². The van der Waals surface area contributed by atoms with E-state index in [-0.39, 0.29) is 18.9 Å². The third kappa shape index (κ3) is 5.65. The highest BCUT2D eigenvalue weighted by Gasteiger charge is 2.21. The molecule has 1 saturated carbocycles. The molecule has 2 atom stereocenters. The molecule has 1 rings (SSSR count). The molecular weight excluding hydrogens is 236 g/mol. The summed E-state index contributed by atoms with van der Waals surface area (Å²) in [6.07, 6.45) is 3.68. The third-order valence-corrected chi connectivity index (χ3v) is 3.09. The number of carbonyl (C=O) groups is 3. The molecule has 0 heterocycles. The first-order valence-corrected chi connectivity index (χ1v) is 6.29. The molecule has 0 aromatic heterocycles. The Morgan fingerprint density at radius 1 is 1.22 bits per heavy atom. The van der Waals surface area contributed by atoms with Crippen molar-refractivity contribution in [3.63, 3.8) is 0 Å². The van der Waals surface area contributed by atoms with Gasteiger partial charge in [-0.1, -0.05) is 19.8 Å². The van der Waals surface area contributed by atoms with Crippen LogP contribution in [0.5, 0.6) is 0 Å². The number of hydrogen-bond donors (Lipinski definition) is 3. The van der Waals surface area contributed by atoms with E-state index in [1.54, 1.807) is 0 Å². The van der Waals surface area contributed by atoms with Crippen LogP contribution in [-0.2, 0) is 9.59 Å². The first-order chi connectivity index (χ1) is 8.47. The van der Waals surface area contributed by atoms with Crippen LogP contribution >= 0.6 is 0 Å². The van der Waals surface area contributed by atoms with E-state index >= 15 is 0 Å². The zero-order valence-corrected chi connectivity index (χ0v) is 10.6. The van der Waals surface area contributed by atoms with E-state index in [1.807, 2.05) is 0 Å². The fourth-order valence-corrected chi connectivity index (χ4v) is 2.20. The van der Waals surface area contributed by atoms with Crippen LogP contribution in [0.15, 0.2) is 0 Å². The summed E-state index contributed by atoms with van der Waals surface area (Å²) in [5.74, 6) is -1.02. The van der Waals surface area contributed by atoms with Crippen molar-refractivity contribution >= 4 is 17.9 Å². The fourth-order valence-electron chi connectivity index (χ4n) is 2.20. The molecule has 3 amide bonds. The van der Waals surface area contributed by atoms with E-state index in [0.717, 1.165) is 19.3 Å². The van der Waals surface area contributed by atoms with Crippen molar-refractivity contribution in [2.24, 2.45) is 5.92 Å². The molecule has 18 heavy (non-hydrogen) atoms. The molecule has 3 N–H and O–H groups in total. The Morgan fingerprint density at radius 3 is 2.56 bits per heavy atom. The van der Waals surface area contributed by atoms with E-state index in [1.165, 1.54) is 6.42 Å². The summed E-state index contributed by atoms with van der Waals surface area (Å²) in [6, 6.07) is -0.412. The number of hydrogen-bond acceptors (Lipinski definition) is 3. The van der Waals surface area contributed by atoms with Gasteiger partial charge in [0.15, 0.2) is 0 Å². The number of carboxylic acids is 1. The Labute approximate surface area is 106 Å². The Hall–Kier alpha value is -1.59. The van der Waals surface area contributed by atoms with Gasteiger partial charge in [-0.15, -0.1) is 0 Å². The molecule has 1 fully saturated rings. The van der Waals surface area contributed by atoms with Gasteiger partial charge in [-0.2, -0.15) is 0 Å². The molecule has 0 spiro atoms. The number of rotatable bonds is 4. The van der Waals surface area contributed by atoms with Crippen molar-refractivity contribution in [3.05, 3.63) is 0 Å². The molecule has 0 aromatic rings. The van der Waals surface area contributed by atoms with Crippen LogP contribution in [0.1, 0.15) is 45.4 Å². The van der Waals surface area contributed by atoms with Crippen molar-refractivity contribution in [1.29, 1.82) is 0 Å². The van der Waals surface area contributed by atoms with E-state index in [9.17, 15) is 14.4 Å². The van der Waals surface area contributed by atoms with Gasteiger partial charge in [-0.3, -0.25) is 14.9 Å². The van der Waals surface area contributed by atoms with Crippen molar-refractivity contribution < 1.29 is 19.5 Å². The SMILES string of the molecule is CC1CCCC(NC(=O)NC(=O)CCC(=O)O)C1. The highest BCUT2D eigenvalue weighted by atomic mass is 16.4. The van der Waals surface area contributed by atoms with Gasteiger partial charge < -0.3 is 10.4 Å². The second-order valence-electron chi connectivity index (χ2n) is 4.88. The number of aliphatic carboxylic acids is 1. The Kier molecular flexibility index (Phi) is 5.61. The predicted octanol–water partition coefficient (Wildman–Crippen LogP) is 1.26. The monoisotopic (exact) mass is 256 g/mol. The van der Waals surface area contributed by atoms with Crippen LogP contribution in [0.2, 0.25) is 0 Å². The van der Waals surface area contributed by atoms with Crippen LogP contribution in [0, 0.1) is 5.92 Å². The summed E-state index contributed by atoms with van der Waals surface area (Å²) in [7, 11) is 0. The normalized spacial score (nSPS) is 23.2. The van der Waals surface area contributed by atoms with Gasteiger partial charge in [0, 0.05) is 12.5 Å². The largest absolute Gasteiger partial charge is 0.481 e. The molecule has 1 aliphatic rings. The van der Waals surface area contributed by atoms with Gasteiger partial charge in [0.2, 0.25) is 5.91 Å². The second-order valence-corrected chi connectivity index (χ2v) is 4.88. The van der Waals surface area contributed by atoms with Gasteiger partial charge in [0.25, 0.3) is 0 Å². The van der Waals surface area contributed by atoms with Gasteiger partial charge in [-0.05, 0) is 18.8 Å². The molecule has 2 unspecified atom stereocenters. The minimum absolute atomic E-state index is 0.112. The standard InChI is InChI=1S/C12H20N2O4/c1-8-3-2-4-9(7-8)13-12(18)14-10(15)5-6-11(16)17/h8-9H,2-7H2,1H3,(H,16,17)(H2,13,14,15,18). The molecule has 0 radical (unpaired) electrons. The summed E-state index contributed by atoms with van der Waals surface area (Å²) in [4.78, 5) is 33.0. The highest BCUT2D eigenvalue weighted by Crippen LogP contribution is 2.23. The lowest BCUT2D eigenvalue weighted by Crippen LogP contribution is -2.46. The van der Waals surface area contributed by atoms with Crippen LogP contribution < -0.4 is 10.6 Å². The van der Waals surface area contributed by atoms with Crippen molar-refractivity contribution in [1.82, 2.24) is 10.6 Å². The maximum absolute atomic E-state index is 11.5.